The zero-order chi connectivity index (χ0) is 10.6. The van der Waals surface area contributed by atoms with Crippen LogP contribution in [0.4, 0.5) is 0 Å². The molecule has 0 aromatic heterocycles. The van der Waals surface area contributed by atoms with Crippen LogP contribution in [0, 0.1) is 0 Å². The molecule has 1 aromatic carbocycles. The number of allylic oxidation sites excluding steroid dienone is 1. The molecule has 14 heavy (non-hydrogen) atoms. The van der Waals surface area contributed by atoms with E-state index in [4.69, 9.17) is 4.55 Å². The standard InChI is InChI=1S/C10H12O3S/c1-2-10(14(11,12)13)8-9-6-4-3-5-7-9/h3-8H,2H2,1H3,(H,11,12,13). The quantitative estimate of drug-likeness (QED) is 0.782. The number of rotatable bonds is 3. The summed E-state index contributed by atoms with van der Waals surface area (Å²) in [6.45, 7) is 1.68. The topological polar surface area (TPSA) is 54.4 Å². The van der Waals surface area contributed by atoms with Crippen molar-refractivity contribution in [1.82, 2.24) is 0 Å². The first-order chi connectivity index (χ1) is 6.54. The molecule has 0 saturated heterocycles. The lowest BCUT2D eigenvalue weighted by atomic mass is 10.2. The molecule has 76 valence electrons. The average molecular weight is 212 g/mol. The van der Waals surface area contributed by atoms with Crippen molar-refractivity contribution in [2.45, 2.75) is 13.3 Å². The van der Waals surface area contributed by atoms with E-state index in [0.717, 1.165) is 5.56 Å². The zero-order valence-corrected chi connectivity index (χ0v) is 8.66. The smallest absolute Gasteiger partial charge is 0.282 e. The molecule has 0 aliphatic rings. The minimum absolute atomic E-state index is 0.0312. The lowest BCUT2D eigenvalue weighted by Gasteiger charge is -1.99. The largest absolute Gasteiger partial charge is 0.290 e. The second kappa shape index (κ2) is 4.39. The minimum atomic E-state index is -4.05. The summed E-state index contributed by atoms with van der Waals surface area (Å²) in [4.78, 5) is 0.0312. The molecule has 0 spiro atoms. The Morgan fingerprint density at radius 2 is 1.93 bits per heavy atom. The van der Waals surface area contributed by atoms with E-state index in [1.54, 1.807) is 19.1 Å². The molecule has 0 unspecified atom stereocenters. The highest BCUT2D eigenvalue weighted by molar-refractivity contribution is 7.90. The van der Waals surface area contributed by atoms with Crippen LogP contribution in [0.25, 0.3) is 6.08 Å². The molecule has 0 radical (unpaired) electrons. The van der Waals surface area contributed by atoms with E-state index >= 15 is 0 Å². The van der Waals surface area contributed by atoms with Gasteiger partial charge in [0, 0.05) is 0 Å². The lowest BCUT2D eigenvalue weighted by molar-refractivity contribution is 0.490. The Morgan fingerprint density at radius 3 is 2.36 bits per heavy atom. The van der Waals surface area contributed by atoms with E-state index in [1.807, 2.05) is 18.2 Å². The second-order valence-electron chi connectivity index (χ2n) is 2.85. The van der Waals surface area contributed by atoms with Crippen LogP contribution in [-0.2, 0) is 10.1 Å². The fourth-order valence-corrected chi connectivity index (χ4v) is 1.74. The molecule has 4 heteroatoms. The van der Waals surface area contributed by atoms with Crippen molar-refractivity contribution >= 4 is 16.2 Å². The summed E-state index contributed by atoms with van der Waals surface area (Å²) in [7, 11) is -4.05. The predicted molar refractivity (Wildman–Crippen MR) is 56.3 cm³/mol. The molecule has 1 rings (SSSR count). The summed E-state index contributed by atoms with van der Waals surface area (Å²) in [5.74, 6) is 0. The van der Waals surface area contributed by atoms with E-state index in [2.05, 4.69) is 0 Å². The number of benzene rings is 1. The summed E-state index contributed by atoms with van der Waals surface area (Å²) >= 11 is 0. The third-order valence-electron chi connectivity index (χ3n) is 1.81. The van der Waals surface area contributed by atoms with Gasteiger partial charge in [0.05, 0.1) is 4.91 Å². The molecule has 0 aliphatic heterocycles. The number of hydrogen-bond donors (Lipinski definition) is 1. The van der Waals surface area contributed by atoms with Crippen LogP contribution < -0.4 is 0 Å². The molecule has 0 atom stereocenters. The Balaban J connectivity index is 3.09. The van der Waals surface area contributed by atoms with Crippen LogP contribution in [0.5, 0.6) is 0 Å². The van der Waals surface area contributed by atoms with Gasteiger partial charge < -0.3 is 0 Å². The maximum atomic E-state index is 10.9. The first kappa shape index (κ1) is 10.9. The van der Waals surface area contributed by atoms with Gasteiger partial charge >= 0.3 is 0 Å². The molecule has 0 saturated carbocycles. The molecule has 0 bridgehead atoms. The van der Waals surface area contributed by atoms with Gasteiger partial charge in [-0.25, -0.2) is 0 Å². The van der Waals surface area contributed by atoms with E-state index in [9.17, 15) is 8.42 Å². The molecule has 0 fully saturated rings. The Hall–Kier alpha value is -1.13. The van der Waals surface area contributed by atoms with E-state index < -0.39 is 10.1 Å². The maximum Gasteiger partial charge on any atom is 0.290 e. The van der Waals surface area contributed by atoms with Gasteiger partial charge in [-0.3, -0.25) is 4.55 Å². The number of hydrogen-bond acceptors (Lipinski definition) is 2. The fourth-order valence-electron chi connectivity index (χ4n) is 1.09. The third kappa shape index (κ3) is 2.97. The molecule has 1 N–H and O–H groups in total. The predicted octanol–water partition coefficient (Wildman–Crippen LogP) is 2.33. The van der Waals surface area contributed by atoms with E-state index in [0.29, 0.717) is 0 Å². The Morgan fingerprint density at radius 1 is 1.36 bits per heavy atom. The molecular weight excluding hydrogens is 200 g/mol. The van der Waals surface area contributed by atoms with Gasteiger partial charge in [-0.2, -0.15) is 8.42 Å². The van der Waals surface area contributed by atoms with Gasteiger partial charge in [0.15, 0.2) is 0 Å². The summed E-state index contributed by atoms with van der Waals surface area (Å²) in [5, 5.41) is 0. The highest BCUT2D eigenvalue weighted by Crippen LogP contribution is 2.14. The fraction of sp³-hybridized carbons (Fsp3) is 0.200. The van der Waals surface area contributed by atoms with Crippen molar-refractivity contribution in [3.05, 3.63) is 40.8 Å². The second-order valence-corrected chi connectivity index (χ2v) is 4.32. The van der Waals surface area contributed by atoms with Crippen molar-refractivity contribution in [2.24, 2.45) is 0 Å². The van der Waals surface area contributed by atoms with Gasteiger partial charge in [-0.15, -0.1) is 0 Å². The van der Waals surface area contributed by atoms with Crippen molar-refractivity contribution in [1.29, 1.82) is 0 Å². The SMILES string of the molecule is CCC(=Cc1ccccc1)S(=O)(=O)O. The van der Waals surface area contributed by atoms with Gasteiger partial charge in [0.1, 0.15) is 0 Å². The van der Waals surface area contributed by atoms with Crippen LogP contribution in [0.1, 0.15) is 18.9 Å². The maximum absolute atomic E-state index is 10.9. The summed E-state index contributed by atoms with van der Waals surface area (Å²) in [6.07, 6.45) is 1.75. The van der Waals surface area contributed by atoms with Crippen LogP contribution in [0.2, 0.25) is 0 Å². The van der Waals surface area contributed by atoms with E-state index in [1.165, 1.54) is 6.08 Å². The molecule has 0 amide bonds. The normalized spacial score (nSPS) is 12.9. The molecule has 1 aromatic rings. The van der Waals surface area contributed by atoms with Crippen molar-refractivity contribution in [2.75, 3.05) is 0 Å². The molecule has 3 nitrogen and oxygen atoms in total. The molecular formula is C10H12O3S. The lowest BCUT2D eigenvalue weighted by Crippen LogP contribution is -2.00. The summed E-state index contributed by atoms with van der Waals surface area (Å²) in [6, 6.07) is 9.02. The highest BCUT2D eigenvalue weighted by Gasteiger charge is 2.10. The molecule has 0 heterocycles. The van der Waals surface area contributed by atoms with Gasteiger partial charge in [0.2, 0.25) is 0 Å². The van der Waals surface area contributed by atoms with Gasteiger partial charge in [-0.05, 0) is 18.1 Å². The average Bonchev–Trinajstić information content (AvgIpc) is 2.14. The van der Waals surface area contributed by atoms with Crippen LogP contribution in [0.3, 0.4) is 0 Å². The van der Waals surface area contributed by atoms with Crippen molar-refractivity contribution in [3.8, 4) is 0 Å². The van der Waals surface area contributed by atoms with Crippen LogP contribution in [0.15, 0.2) is 35.2 Å². The Kier molecular flexibility index (Phi) is 3.43. The van der Waals surface area contributed by atoms with Crippen molar-refractivity contribution in [3.63, 3.8) is 0 Å². The van der Waals surface area contributed by atoms with Crippen LogP contribution >= 0.6 is 0 Å². The van der Waals surface area contributed by atoms with Gasteiger partial charge in [-0.1, -0.05) is 37.3 Å². The highest BCUT2D eigenvalue weighted by atomic mass is 32.2. The van der Waals surface area contributed by atoms with Gasteiger partial charge in [0.25, 0.3) is 10.1 Å². The summed E-state index contributed by atoms with van der Waals surface area (Å²) in [5.41, 5.74) is 0.766. The first-order valence-electron chi connectivity index (χ1n) is 4.27. The van der Waals surface area contributed by atoms with Crippen LogP contribution in [-0.4, -0.2) is 13.0 Å². The molecule has 0 aliphatic carbocycles. The Bertz CT molecular complexity index is 418. The zero-order valence-electron chi connectivity index (χ0n) is 7.84. The van der Waals surface area contributed by atoms with Crippen molar-refractivity contribution < 1.29 is 13.0 Å². The third-order valence-corrected chi connectivity index (χ3v) is 2.88. The first-order valence-corrected chi connectivity index (χ1v) is 5.71. The van der Waals surface area contributed by atoms with E-state index in [-0.39, 0.29) is 11.3 Å². The monoisotopic (exact) mass is 212 g/mol. The Labute approximate surface area is 83.8 Å². The summed E-state index contributed by atoms with van der Waals surface area (Å²) < 4.78 is 30.6. The minimum Gasteiger partial charge on any atom is -0.282 e.